The summed E-state index contributed by atoms with van der Waals surface area (Å²) in [6.07, 6.45) is 1.61. The predicted octanol–water partition coefficient (Wildman–Crippen LogP) is 5.41. The number of amides is 1. The van der Waals surface area contributed by atoms with E-state index in [1.165, 1.54) is 11.8 Å². The SMILES string of the molecule is CCN(CC)c1ccc(NC(=O)CSc2nnc(-c3ccco3)n2-c2ccc(C)cc2)cc1. The van der Waals surface area contributed by atoms with E-state index in [4.69, 9.17) is 4.42 Å². The Morgan fingerprint density at radius 3 is 2.39 bits per heavy atom. The maximum Gasteiger partial charge on any atom is 0.234 e. The average molecular weight is 462 g/mol. The van der Waals surface area contributed by atoms with Gasteiger partial charge in [0.15, 0.2) is 10.9 Å². The normalized spacial score (nSPS) is 10.9. The van der Waals surface area contributed by atoms with E-state index in [2.05, 4.69) is 34.3 Å². The summed E-state index contributed by atoms with van der Waals surface area (Å²) in [6.45, 7) is 8.19. The minimum Gasteiger partial charge on any atom is -0.461 e. The molecule has 0 spiro atoms. The van der Waals surface area contributed by atoms with E-state index < -0.39 is 0 Å². The lowest BCUT2D eigenvalue weighted by Gasteiger charge is -2.21. The molecule has 0 aliphatic heterocycles. The summed E-state index contributed by atoms with van der Waals surface area (Å²) in [6, 6.07) is 19.7. The minimum absolute atomic E-state index is 0.103. The number of aryl methyl sites for hydroxylation is 1. The van der Waals surface area contributed by atoms with Crippen molar-refractivity contribution in [3.05, 3.63) is 72.5 Å². The molecule has 1 N–H and O–H groups in total. The summed E-state index contributed by atoms with van der Waals surface area (Å²) in [4.78, 5) is 14.9. The molecule has 0 unspecified atom stereocenters. The van der Waals surface area contributed by atoms with Crippen LogP contribution in [0, 0.1) is 6.92 Å². The van der Waals surface area contributed by atoms with E-state index in [0.717, 1.165) is 35.7 Å². The molecule has 0 saturated heterocycles. The van der Waals surface area contributed by atoms with Crippen molar-refractivity contribution in [2.45, 2.75) is 25.9 Å². The van der Waals surface area contributed by atoms with Crippen LogP contribution in [0.1, 0.15) is 19.4 Å². The van der Waals surface area contributed by atoms with Crippen molar-refractivity contribution < 1.29 is 9.21 Å². The fourth-order valence-corrected chi connectivity index (χ4v) is 4.28. The molecule has 33 heavy (non-hydrogen) atoms. The quantitative estimate of drug-likeness (QED) is 0.336. The zero-order chi connectivity index (χ0) is 23.2. The van der Waals surface area contributed by atoms with Crippen molar-refractivity contribution in [1.82, 2.24) is 14.8 Å². The Balaban J connectivity index is 1.48. The van der Waals surface area contributed by atoms with Gasteiger partial charge in [-0.15, -0.1) is 10.2 Å². The van der Waals surface area contributed by atoms with Crippen molar-refractivity contribution in [1.29, 1.82) is 0 Å². The molecule has 0 radical (unpaired) electrons. The zero-order valence-corrected chi connectivity index (χ0v) is 19.8. The molecule has 0 aliphatic carbocycles. The highest BCUT2D eigenvalue weighted by molar-refractivity contribution is 7.99. The third-order valence-corrected chi connectivity index (χ3v) is 6.21. The minimum atomic E-state index is -0.103. The first-order valence-corrected chi connectivity index (χ1v) is 11.9. The fourth-order valence-electron chi connectivity index (χ4n) is 3.53. The third-order valence-electron chi connectivity index (χ3n) is 5.28. The van der Waals surface area contributed by atoms with E-state index in [0.29, 0.717) is 16.7 Å². The number of thioether (sulfide) groups is 1. The van der Waals surface area contributed by atoms with Gasteiger partial charge in [0.05, 0.1) is 12.0 Å². The van der Waals surface area contributed by atoms with Crippen LogP contribution in [0.15, 0.2) is 76.5 Å². The van der Waals surface area contributed by atoms with E-state index in [-0.39, 0.29) is 11.7 Å². The van der Waals surface area contributed by atoms with Crippen LogP contribution in [0.3, 0.4) is 0 Å². The lowest BCUT2D eigenvalue weighted by atomic mass is 10.2. The second kappa shape index (κ2) is 10.4. The second-order valence-corrected chi connectivity index (χ2v) is 8.45. The van der Waals surface area contributed by atoms with Crippen LogP contribution in [-0.2, 0) is 4.79 Å². The molecule has 0 atom stereocenters. The van der Waals surface area contributed by atoms with Crippen molar-refractivity contribution in [2.24, 2.45) is 0 Å². The van der Waals surface area contributed by atoms with Gasteiger partial charge < -0.3 is 14.6 Å². The number of hydrogen-bond acceptors (Lipinski definition) is 6. The van der Waals surface area contributed by atoms with Crippen LogP contribution in [0.4, 0.5) is 11.4 Å². The first kappa shape index (κ1) is 22.7. The third kappa shape index (κ3) is 5.28. The lowest BCUT2D eigenvalue weighted by Crippen LogP contribution is -2.21. The lowest BCUT2D eigenvalue weighted by molar-refractivity contribution is -0.113. The van der Waals surface area contributed by atoms with Gasteiger partial charge in [0.1, 0.15) is 0 Å². The summed E-state index contributed by atoms with van der Waals surface area (Å²) >= 11 is 1.33. The van der Waals surface area contributed by atoms with E-state index in [1.807, 2.05) is 72.2 Å². The molecular weight excluding hydrogens is 434 g/mol. The standard InChI is InChI=1S/C25H27N5O2S/c1-4-29(5-2)20-14-10-19(11-15-20)26-23(31)17-33-25-28-27-24(22-7-6-16-32-22)30(25)21-12-8-18(3)9-13-21/h6-16H,4-5,17H2,1-3H3,(H,26,31). The summed E-state index contributed by atoms with van der Waals surface area (Å²) < 4.78 is 7.46. The first-order valence-electron chi connectivity index (χ1n) is 10.9. The topological polar surface area (TPSA) is 76.2 Å². The molecule has 170 valence electrons. The number of benzene rings is 2. The zero-order valence-electron chi connectivity index (χ0n) is 19.0. The largest absolute Gasteiger partial charge is 0.461 e. The van der Waals surface area contributed by atoms with Crippen molar-refractivity contribution in [3.63, 3.8) is 0 Å². The van der Waals surface area contributed by atoms with Crippen LogP contribution in [0.5, 0.6) is 0 Å². The van der Waals surface area contributed by atoms with Gasteiger partial charge in [-0.1, -0.05) is 29.5 Å². The van der Waals surface area contributed by atoms with Crippen LogP contribution in [-0.4, -0.2) is 39.5 Å². The Morgan fingerprint density at radius 2 is 1.76 bits per heavy atom. The van der Waals surface area contributed by atoms with Crippen LogP contribution >= 0.6 is 11.8 Å². The molecule has 2 heterocycles. The van der Waals surface area contributed by atoms with Gasteiger partial charge in [0, 0.05) is 30.2 Å². The number of hydrogen-bond donors (Lipinski definition) is 1. The number of anilines is 2. The molecule has 4 aromatic rings. The average Bonchev–Trinajstić information content (AvgIpc) is 3.50. The number of nitrogens with zero attached hydrogens (tertiary/aromatic N) is 4. The maximum absolute atomic E-state index is 12.6. The Bertz CT molecular complexity index is 1180. The molecule has 7 nitrogen and oxygen atoms in total. The van der Waals surface area contributed by atoms with Crippen LogP contribution in [0.25, 0.3) is 17.3 Å². The van der Waals surface area contributed by atoms with Crippen molar-refractivity contribution in [2.75, 3.05) is 29.1 Å². The maximum atomic E-state index is 12.6. The Hall–Kier alpha value is -3.52. The molecule has 0 bridgehead atoms. The number of rotatable bonds is 9. The van der Waals surface area contributed by atoms with Gasteiger partial charge in [-0.25, -0.2) is 0 Å². The highest BCUT2D eigenvalue weighted by Crippen LogP contribution is 2.28. The number of furan rings is 1. The molecule has 1 amide bonds. The van der Waals surface area contributed by atoms with Crippen molar-refractivity contribution >= 4 is 29.0 Å². The number of carbonyl (C=O) groups is 1. The predicted molar refractivity (Wildman–Crippen MR) is 133 cm³/mol. The van der Waals surface area contributed by atoms with Gasteiger partial charge in [0.25, 0.3) is 0 Å². The molecule has 4 rings (SSSR count). The summed E-state index contributed by atoms with van der Waals surface area (Å²) in [5.41, 5.74) is 3.98. The molecule has 0 saturated carbocycles. The number of nitrogens with one attached hydrogen (secondary N) is 1. The number of carbonyl (C=O) groups excluding carboxylic acids is 1. The molecule has 8 heteroatoms. The van der Waals surface area contributed by atoms with Crippen LogP contribution in [0.2, 0.25) is 0 Å². The van der Waals surface area contributed by atoms with Gasteiger partial charge in [-0.05, 0) is 69.3 Å². The molecular formula is C25H27N5O2S. The summed E-state index contributed by atoms with van der Waals surface area (Å²) in [5.74, 6) is 1.32. The second-order valence-electron chi connectivity index (χ2n) is 7.51. The fraction of sp³-hybridized carbons (Fsp3) is 0.240. The molecule has 0 aliphatic rings. The smallest absolute Gasteiger partial charge is 0.234 e. The van der Waals surface area contributed by atoms with E-state index in [9.17, 15) is 4.79 Å². The highest BCUT2D eigenvalue weighted by atomic mass is 32.2. The van der Waals surface area contributed by atoms with Gasteiger partial charge >= 0.3 is 0 Å². The Morgan fingerprint density at radius 1 is 1.03 bits per heavy atom. The van der Waals surface area contributed by atoms with E-state index in [1.54, 1.807) is 6.26 Å². The van der Waals surface area contributed by atoms with Gasteiger partial charge in [-0.2, -0.15) is 0 Å². The van der Waals surface area contributed by atoms with E-state index >= 15 is 0 Å². The molecule has 2 aromatic carbocycles. The van der Waals surface area contributed by atoms with Crippen molar-refractivity contribution in [3.8, 4) is 17.3 Å². The van der Waals surface area contributed by atoms with Crippen LogP contribution < -0.4 is 10.2 Å². The molecule has 2 aromatic heterocycles. The Kier molecular flexibility index (Phi) is 7.14. The number of aromatic nitrogens is 3. The summed E-state index contributed by atoms with van der Waals surface area (Å²) in [7, 11) is 0. The highest BCUT2D eigenvalue weighted by Gasteiger charge is 2.19. The molecule has 0 fully saturated rings. The monoisotopic (exact) mass is 461 g/mol. The van der Waals surface area contributed by atoms with Gasteiger partial charge in [0.2, 0.25) is 11.7 Å². The first-order chi connectivity index (χ1) is 16.1. The Labute approximate surface area is 197 Å². The van der Waals surface area contributed by atoms with Gasteiger partial charge in [-0.3, -0.25) is 9.36 Å². The summed E-state index contributed by atoms with van der Waals surface area (Å²) in [5, 5.41) is 12.2.